The van der Waals surface area contributed by atoms with Crippen LogP contribution in [0.5, 0.6) is 5.75 Å². The highest BCUT2D eigenvalue weighted by atomic mass is 35.5. The lowest BCUT2D eigenvalue weighted by atomic mass is 10.2. The summed E-state index contributed by atoms with van der Waals surface area (Å²) in [6, 6.07) is 5.28. The number of nitrogens with one attached hydrogen (secondary N) is 2. The third kappa shape index (κ3) is 5.81. The van der Waals surface area contributed by atoms with E-state index >= 15 is 0 Å². The van der Waals surface area contributed by atoms with E-state index in [1.54, 1.807) is 46.1 Å². The quantitative estimate of drug-likeness (QED) is 0.836. The molecule has 0 aliphatic heterocycles. The van der Waals surface area contributed by atoms with E-state index in [2.05, 4.69) is 10.9 Å². The van der Waals surface area contributed by atoms with E-state index in [0.717, 1.165) is 5.56 Å². The molecule has 0 heterocycles. The van der Waals surface area contributed by atoms with Crippen LogP contribution < -0.4 is 15.6 Å². The monoisotopic (exact) mass is 286 g/mol. The van der Waals surface area contributed by atoms with Crippen molar-refractivity contribution in [2.75, 3.05) is 7.11 Å². The van der Waals surface area contributed by atoms with E-state index in [1.807, 2.05) is 0 Å². The second-order valence-corrected chi connectivity index (χ2v) is 5.37. The van der Waals surface area contributed by atoms with Gasteiger partial charge in [-0.25, -0.2) is 10.2 Å². The third-order valence-corrected chi connectivity index (χ3v) is 2.35. The Hall–Kier alpha value is -1.46. The molecule has 1 rings (SSSR count). The zero-order valence-electron chi connectivity index (χ0n) is 11.5. The van der Waals surface area contributed by atoms with Crippen LogP contribution in [-0.2, 0) is 11.3 Å². The number of hydrogen-bond acceptors (Lipinski definition) is 4. The van der Waals surface area contributed by atoms with Gasteiger partial charge in [-0.1, -0.05) is 11.6 Å². The molecule has 0 unspecified atom stereocenters. The Balaban J connectivity index is 2.49. The minimum Gasteiger partial charge on any atom is -0.496 e. The van der Waals surface area contributed by atoms with E-state index in [1.165, 1.54) is 0 Å². The lowest BCUT2D eigenvalue weighted by molar-refractivity contribution is 0.0497. The highest BCUT2D eigenvalue weighted by Gasteiger charge is 2.15. The Labute approximate surface area is 118 Å². The minimum absolute atomic E-state index is 0.378. The normalized spacial score (nSPS) is 11.0. The molecule has 1 amide bonds. The first-order valence-electron chi connectivity index (χ1n) is 5.86. The molecule has 0 fully saturated rings. The summed E-state index contributed by atoms with van der Waals surface area (Å²) >= 11 is 5.91. The van der Waals surface area contributed by atoms with Crippen LogP contribution in [0.1, 0.15) is 26.3 Å². The maximum absolute atomic E-state index is 11.4. The van der Waals surface area contributed by atoms with Gasteiger partial charge in [-0.15, -0.1) is 0 Å². The van der Waals surface area contributed by atoms with Gasteiger partial charge in [-0.2, -0.15) is 0 Å². The summed E-state index contributed by atoms with van der Waals surface area (Å²) in [7, 11) is 1.58. The van der Waals surface area contributed by atoms with Gasteiger partial charge in [0.15, 0.2) is 0 Å². The van der Waals surface area contributed by atoms with E-state index in [0.29, 0.717) is 17.3 Å². The Morgan fingerprint density at radius 3 is 2.63 bits per heavy atom. The number of benzene rings is 1. The smallest absolute Gasteiger partial charge is 0.422 e. The molecule has 0 aliphatic carbocycles. The summed E-state index contributed by atoms with van der Waals surface area (Å²) in [5, 5.41) is 0.606. The molecule has 0 saturated heterocycles. The van der Waals surface area contributed by atoms with Crippen molar-refractivity contribution in [1.82, 2.24) is 10.9 Å². The molecule has 5 nitrogen and oxygen atoms in total. The van der Waals surface area contributed by atoms with Crippen molar-refractivity contribution in [3.8, 4) is 5.75 Å². The summed E-state index contributed by atoms with van der Waals surface area (Å²) < 4.78 is 10.3. The van der Waals surface area contributed by atoms with Gasteiger partial charge in [0.2, 0.25) is 0 Å². The van der Waals surface area contributed by atoms with E-state index < -0.39 is 11.7 Å². The number of methoxy groups -OCH3 is 1. The van der Waals surface area contributed by atoms with Crippen LogP contribution in [0.25, 0.3) is 0 Å². The summed E-state index contributed by atoms with van der Waals surface area (Å²) in [4.78, 5) is 11.4. The molecule has 0 bridgehead atoms. The zero-order chi connectivity index (χ0) is 14.5. The van der Waals surface area contributed by atoms with Crippen LogP contribution in [-0.4, -0.2) is 18.8 Å². The molecule has 6 heteroatoms. The molecule has 1 aromatic rings. The van der Waals surface area contributed by atoms with Gasteiger partial charge < -0.3 is 9.47 Å². The summed E-state index contributed by atoms with van der Waals surface area (Å²) in [6.07, 6.45) is -0.534. The van der Waals surface area contributed by atoms with E-state index in [-0.39, 0.29) is 0 Å². The molecule has 0 saturated carbocycles. The number of carbonyl (C=O) groups excluding carboxylic acids is 1. The van der Waals surface area contributed by atoms with Gasteiger partial charge >= 0.3 is 6.09 Å². The molecule has 0 atom stereocenters. The Morgan fingerprint density at radius 2 is 2.05 bits per heavy atom. The average molecular weight is 287 g/mol. The highest BCUT2D eigenvalue weighted by Crippen LogP contribution is 2.22. The Bertz CT molecular complexity index is 444. The van der Waals surface area contributed by atoms with Crippen LogP contribution in [0, 0.1) is 0 Å². The maximum atomic E-state index is 11.4. The van der Waals surface area contributed by atoms with E-state index in [9.17, 15) is 4.79 Å². The van der Waals surface area contributed by atoms with Crippen molar-refractivity contribution in [3.05, 3.63) is 28.8 Å². The van der Waals surface area contributed by atoms with Crippen LogP contribution in [0.2, 0.25) is 5.02 Å². The fourth-order valence-corrected chi connectivity index (χ4v) is 1.60. The molecular formula is C13H19ClN2O3. The fourth-order valence-electron chi connectivity index (χ4n) is 1.40. The summed E-state index contributed by atoms with van der Waals surface area (Å²) in [5.41, 5.74) is 5.52. The first kappa shape index (κ1) is 15.6. The first-order chi connectivity index (χ1) is 8.81. The Morgan fingerprint density at radius 1 is 1.37 bits per heavy atom. The van der Waals surface area contributed by atoms with Crippen LogP contribution in [0.15, 0.2) is 18.2 Å². The number of rotatable bonds is 4. The topological polar surface area (TPSA) is 59.6 Å². The number of ether oxygens (including phenoxy) is 2. The number of halogens is 1. The second-order valence-electron chi connectivity index (χ2n) is 4.94. The standard InChI is InChI=1S/C13H19ClN2O3/c1-13(2,3)19-12(17)16-15-8-9-7-10(14)5-6-11(9)18-4/h5-7,15H,8H2,1-4H3,(H,16,17). The zero-order valence-corrected chi connectivity index (χ0v) is 12.3. The average Bonchev–Trinajstić information content (AvgIpc) is 2.27. The molecule has 0 aliphatic rings. The molecule has 19 heavy (non-hydrogen) atoms. The van der Waals surface area contributed by atoms with Crippen molar-refractivity contribution in [3.63, 3.8) is 0 Å². The van der Waals surface area contributed by atoms with Crippen LogP contribution in [0.4, 0.5) is 4.79 Å². The number of amides is 1. The Kier molecular flexibility index (Phi) is 5.44. The fraction of sp³-hybridized carbons (Fsp3) is 0.462. The van der Waals surface area contributed by atoms with Crippen molar-refractivity contribution < 1.29 is 14.3 Å². The second kappa shape index (κ2) is 6.63. The molecule has 0 aromatic heterocycles. The van der Waals surface area contributed by atoms with Crippen molar-refractivity contribution in [2.24, 2.45) is 0 Å². The van der Waals surface area contributed by atoms with Crippen LogP contribution in [0.3, 0.4) is 0 Å². The van der Waals surface area contributed by atoms with Gasteiger partial charge in [-0.05, 0) is 39.0 Å². The number of hydrazine groups is 1. The summed E-state index contributed by atoms with van der Waals surface area (Å²) in [5.74, 6) is 0.697. The number of carbonyl (C=O) groups is 1. The maximum Gasteiger partial charge on any atom is 0.422 e. The third-order valence-electron chi connectivity index (χ3n) is 2.11. The van der Waals surface area contributed by atoms with Gasteiger partial charge in [0, 0.05) is 17.1 Å². The largest absolute Gasteiger partial charge is 0.496 e. The van der Waals surface area contributed by atoms with Crippen molar-refractivity contribution >= 4 is 17.7 Å². The minimum atomic E-state index is -0.534. The lowest BCUT2D eigenvalue weighted by Crippen LogP contribution is -2.40. The highest BCUT2D eigenvalue weighted by molar-refractivity contribution is 6.30. The van der Waals surface area contributed by atoms with Crippen molar-refractivity contribution in [1.29, 1.82) is 0 Å². The van der Waals surface area contributed by atoms with Crippen molar-refractivity contribution in [2.45, 2.75) is 32.9 Å². The molecule has 106 valence electrons. The molecule has 0 radical (unpaired) electrons. The van der Waals surface area contributed by atoms with Gasteiger partial charge in [-0.3, -0.25) is 5.43 Å². The SMILES string of the molecule is COc1ccc(Cl)cc1CNNC(=O)OC(C)(C)C. The first-order valence-corrected chi connectivity index (χ1v) is 6.24. The molecule has 0 spiro atoms. The van der Waals surface area contributed by atoms with Gasteiger partial charge in [0.1, 0.15) is 11.4 Å². The molecular weight excluding hydrogens is 268 g/mol. The lowest BCUT2D eigenvalue weighted by Gasteiger charge is -2.20. The summed E-state index contributed by atoms with van der Waals surface area (Å²) in [6.45, 7) is 5.77. The predicted octanol–water partition coefficient (Wildman–Crippen LogP) is 2.88. The predicted molar refractivity (Wildman–Crippen MR) is 74.2 cm³/mol. The van der Waals surface area contributed by atoms with Gasteiger partial charge in [0.05, 0.1) is 7.11 Å². The molecule has 2 N–H and O–H groups in total. The van der Waals surface area contributed by atoms with Gasteiger partial charge in [0.25, 0.3) is 0 Å². The molecule has 1 aromatic carbocycles. The van der Waals surface area contributed by atoms with Crippen LogP contribution >= 0.6 is 11.6 Å². The van der Waals surface area contributed by atoms with E-state index in [4.69, 9.17) is 21.1 Å². The number of hydrogen-bond donors (Lipinski definition) is 2.